The van der Waals surface area contributed by atoms with Gasteiger partial charge in [0.2, 0.25) is 0 Å². The summed E-state index contributed by atoms with van der Waals surface area (Å²) in [5.74, 6) is 0. The molecule has 3 heteroatoms. The minimum absolute atomic E-state index is 0.970. The van der Waals surface area contributed by atoms with E-state index in [1.54, 1.807) is 0 Å². The summed E-state index contributed by atoms with van der Waals surface area (Å²) in [6.45, 7) is 5.21. The first-order chi connectivity index (χ1) is 8.65. The minimum Gasteiger partial charge on any atom is -0.319 e. The number of hydrogen-bond donors (Lipinski definition) is 1. The van der Waals surface area contributed by atoms with E-state index in [1.165, 1.54) is 22.4 Å². The first kappa shape index (κ1) is 12.8. The summed E-state index contributed by atoms with van der Waals surface area (Å²) in [6, 6.07) is 8.51. The van der Waals surface area contributed by atoms with Crippen molar-refractivity contribution in [1.29, 1.82) is 0 Å². The Labute approximate surface area is 109 Å². The standard InChI is InChI=1S/C15H21N3/c1-11-7-5-6-8-13(11)15-12(2)17-18(4)14(15)9-10-16-3/h5-8,16H,9-10H2,1-4H3. The number of nitrogens with zero attached hydrogens (tertiary/aromatic N) is 2. The van der Waals surface area contributed by atoms with Gasteiger partial charge in [0.25, 0.3) is 0 Å². The van der Waals surface area contributed by atoms with Crippen molar-refractivity contribution < 1.29 is 0 Å². The Hall–Kier alpha value is -1.61. The topological polar surface area (TPSA) is 29.9 Å². The fraction of sp³-hybridized carbons (Fsp3) is 0.400. The normalized spacial score (nSPS) is 10.9. The van der Waals surface area contributed by atoms with Gasteiger partial charge in [-0.1, -0.05) is 24.3 Å². The molecule has 0 bridgehead atoms. The molecule has 18 heavy (non-hydrogen) atoms. The third kappa shape index (κ3) is 2.31. The third-order valence-electron chi connectivity index (χ3n) is 3.37. The van der Waals surface area contributed by atoms with Crippen LogP contribution in [0.4, 0.5) is 0 Å². The first-order valence-electron chi connectivity index (χ1n) is 6.38. The van der Waals surface area contributed by atoms with Crippen LogP contribution in [0.2, 0.25) is 0 Å². The van der Waals surface area contributed by atoms with Crippen LogP contribution >= 0.6 is 0 Å². The van der Waals surface area contributed by atoms with Gasteiger partial charge in [0.05, 0.1) is 5.69 Å². The maximum Gasteiger partial charge on any atom is 0.0675 e. The molecule has 0 unspecified atom stereocenters. The molecule has 1 aromatic carbocycles. The molecule has 0 saturated carbocycles. The molecule has 3 nitrogen and oxygen atoms in total. The van der Waals surface area contributed by atoms with Gasteiger partial charge in [-0.3, -0.25) is 4.68 Å². The quantitative estimate of drug-likeness (QED) is 0.894. The van der Waals surface area contributed by atoms with Crippen molar-refractivity contribution in [2.45, 2.75) is 20.3 Å². The third-order valence-corrected chi connectivity index (χ3v) is 3.37. The second-order valence-corrected chi connectivity index (χ2v) is 4.70. The van der Waals surface area contributed by atoms with Crippen molar-refractivity contribution in [3.8, 4) is 11.1 Å². The fourth-order valence-corrected chi connectivity index (χ4v) is 2.44. The van der Waals surface area contributed by atoms with E-state index in [1.807, 2.05) is 18.8 Å². The largest absolute Gasteiger partial charge is 0.319 e. The monoisotopic (exact) mass is 243 g/mol. The Morgan fingerprint density at radius 3 is 2.61 bits per heavy atom. The Balaban J connectivity index is 2.53. The van der Waals surface area contributed by atoms with Crippen LogP contribution < -0.4 is 5.32 Å². The zero-order chi connectivity index (χ0) is 13.1. The van der Waals surface area contributed by atoms with Crippen LogP contribution in [0.15, 0.2) is 24.3 Å². The van der Waals surface area contributed by atoms with E-state index in [9.17, 15) is 0 Å². The second kappa shape index (κ2) is 5.36. The highest BCUT2D eigenvalue weighted by Crippen LogP contribution is 2.29. The molecule has 0 saturated heterocycles. The molecular formula is C15H21N3. The summed E-state index contributed by atoms with van der Waals surface area (Å²) in [7, 11) is 4.01. The molecule has 2 rings (SSSR count). The van der Waals surface area contributed by atoms with Gasteiger partial charge in [-0.2, -0.15) is 5.10 Å². The van der Waals surface area contributed by atoms with Crippen LogP contribution in [0.25, 0.3) is 11.1 Å². The number of benzene rings is 1. The van der Waals surface area contributed by atoms with E-state index in [2.05, 4.69) is 48.5 Å². The first-order valence-corrected chi connectivity index (χ1v) is 6.38. The molecule has 1 aromatic heterocycles. The van der Waals surface area contributed by atoms with E-state index in [0.29, 0.717) is 0 Å². The van der Waals surface area contributed by atoms with Crippen LogP contribution in [-0.4, -0.2) is 23.4 Å². The summed E-state index contributed by atoms with van der Waals surface area (Å²) < 4.78 is 2.01. The highest BCUT2D eigenvalue weighted by Gasteiger charge is 2.15. The number of hydrogen-bond acceptors (Lipinski definition) is 2. The van der Waals surface area contributed by atoms with Gasteiger partial charge in [0, 0.05) is 31.3 Å². The second-order valence-electron chi connectivity index (χ2n) is 4.70. The summed E-state index contributed by atoms with van der Waals surface area (Å²) in [5, 5.41) is 7.78. The molecule has 1 heterocycles. The summed E-state index contributed by atoms with van der Waals surface area (Å²) in [6.07, 6.45) is 0.998. The van der Waals surface area contributed by atoms with Gasteiger partial charge >= 0.3 is 0 Å². The van der Waals surface area contributed by atoms with Crippen LogP contribution in [0.1, 0.15) is 17.0 Å². The van der Waals surface area contributed by atoms with Gasteiger partial charge in [0.15, 0.2) is 0 Å². The molecule has 96 valence electrons. The van der Waals surface area contributed by atoms with E-state index in [-0.39, 0.29) is 0 Å². The average molecular weight is 243 g/mol. The lowest BCUT2D eigenvalue weighted by Gasteiger charge is -2.09. The zero-order valence-electron chi connectivity index (χ0n) is 11.6. The molecule has 0 aliphatic heterocycles. The molecule has 0 aliphatic carbocycles. The average Bonchev–Trinajstić information content (AvgIpc) is 2.62. The predicted octanol–water partition coefficient (Wildman–Crippen LogP) is 2.47. The highest BCUT2D eigenvalue weighted by atomic mass is 15.3. The molecule has 0 spiro atoms. The predicted molar refractivity (Wildman–Crippen MR) is 75.7 cm³/mol. The maximum absolute atomic E-state index is 4.57. The minimum atomic E-state index is 0.970. The van der Waals surface area contributed by atoms with Crippen LogP contribution in [0.5, 0.6) is 0 Å². The number of rotatable bonds is 4. The van der Waals surface area contributed by atoms with Crippen molar-refractivity contribution in [2.75, 3.05) is 13.6 Å². The Kier molecular flexibility index (Phi) is 3.82. The van der Waals surface area contributed by atoms with Crippen molar-refractivity contribution in [1.82, 2.24) is 15.1 Å². The van der Waals surface area contributed by atoms with Gasteiger partial charge in [-0.25, -0.2) is 0 Å². The lowest BCUT2D eigenvalue weighted by molar-refractivity contribution is 0.678. The Bertz CT molecular complexity index is 541. The number of aryl methyl sites for hydroxylation is 3. The molecular weight excluding hydrogens is 222 g/mol. The Morgan fingerprint density at radius 2 is 1.94 bits per heavy atom. The van der Waals surface area contributed by atoms with Crippen molar-refractivity contribution >= 4 is 0 Å². The van der Waals surface area contributed by atoms with E-state index < -0.39 is 0 Å². The maximum atomic E-state index is 4.57. The van der Waals surface area contributed by atoms with Crippen molar-refractivity contribution in [3.63, 3.8) is 0 Å². The summed E-state index contributed by atoms with van der Waals surface area (Å²) >= 11 is 0. The molecule has 0 radical (unpaired) electrons. The van der Waals surface area contributed by atoms with Crippen molar-refractivity contribution in [2.24, 2.45) is 7.05 Å². The van der Waals surface area contributed by atoms with Crippen LogP contribution in [-0.2, 0) is 13.5 Å². The van der Waals surface area contributed by atoms with Crippen LogP contribution in [0.3, 0.4) is 0 Å². The van der Waals surface area contributed by atoms with Gasteiger partial charge < -0.3 is 5.32 Å². The molecule has 0 amide bonds. The molecule has 0 fully saturated rings. The van der Waals surface area contributed by atoms with E-state index in [4.69, 9.17) is 0 Å². The Morgan fingerprint density at radius 1 is 1.22 bits per heavy atom. The smallest absolute Gasteiger partial charge is 0.0675 e. The fourth-order valence-electron chi connectivity index (χ4n) is 2.44. The van der Waals surface area contributed by atoms with Crippen molar-refractivity contribution in [3.05, 3.63) is 41.2 Å². The zero-order valence-corrected chi connectivity index (χ0v) is 11.6. The summed E-state index contributed by atoms with van der Waals surface area (Å²) in [4.78, 5) is 0. The van der Waals surface area contributed by atoms with Gasteiger partial charge in [-0.15, -0.1) is 0 Å². The summed E-state index contributed by atoms with van der Waals surface area (Å²) in [5.41, 5.74) is 6.31. The lowest BCUT2D eigenvalue weighted by Crippen LogP contribution is -2.13. The van der Waals surface area contributed by atoms with Gasteiger partial charge in [0.1, 0.15) is 0 Å². The highest BCUT2D eigenvalue weighted by molar-refractivity contribution is 5.71. The number of nitrogens with one attached hydrogen (secondary N) is 1. The van der Waals surface area contributed by atoms with E-state index in [0.717, 1.165) is 18.7 Å². The molecule has 2 aromatic rings. The molecule has 0 aliphatic rings. The van der Waals surface area contributed by atoms with E-state index >= 15 is 0 Å². The van der Waals surface area contributed by atoms with Crippen LogP contribution in [0, 0.1) is 13.8 Å². The lowest BCUT2D eigenvalue weighted by atomic mass is 9.97. The van der Waals surface area contributed by atoms with Gasteiger partial charge in [-0.05, 0) is 32.0 Å². The molecule has 1 N–H and O–H groups in total. The molecule has 0 atom stereocenters. The SMILES string of the molecule is CNCCc1c(-c2ccccc2C)c(C)nn1C. The number of likely N-dealkylation sites (N-methyl/N-ethyl adjacent to an activating group) is 1. The number of aromatic nitrogens is 2.